The second-order valence-electron chi connectivity index (χ2n) is 11.9. The zero-order valence-electron chi connectivity index (χ0n) is 24.5. The third-order valence-electron chi connectivity index (χ3n) is 6.15. The van der Waals surface area contributed by atoms with E-state index in [9.17, 15) is 0 Å². The zero-order valence-corrected chi connectivity index (χ0v) is 24.5. The number of rotatable bonds is 16. The van der Waals surface area contributed by atoms with Crippen molar-refractivity contribution in [2.75, 3.05) is 39.6 Å². The van der Waals surface area contributed by atoms with Crippen LogP contribution in [0.3, 0.4) is 0 Å². The molecule has 0 aromatic heterocycles. The van der Waals surface area contributed by atoms with Crippen LogP contribution in [0, 0.1) is 0 Å². The van der Waals surface area contributed by atoms with Crippen LogP contribution in [-0.4, -0.2) is 51.8 Å². The molecule has 2 atom stereocenters. The van der Waals surface area contributed by atoms with Gasteiger partial charge in [0.05, 0.1) is 65.1 Å². The monoisotopic (exact) mass is 514 g/mol. The first kappa shape index (κ1) is 31.5. The molecule has 0 N–H and O–H groups in total. The average Bonchev–Trinajstić information content (AvgIpc) is 2.84. The summed E-state index contributed by atoms with van der Waals surface area (Å²) in [4.78, 5) is 0. The first-order chi connectivity index (χ1) is 17.4. The Labute approximate surface area is 225 Å². The Morgan fingerprint density at radius 1 is 0.514 bits per heavy atom. The summed E-state index contributed by atoms with van der Waals surface area (Å²) in [6.45, 7) is 21.8. The lowest BCUT2D eigenvalue weighted by Crippen LogP contribution is -2.25. The number of hydrogen-bond acceptors (Lipinski definition) is 5. The second-order valence-corrected chi connectivity index (χ2v) is 11.9. The molecule has 0 aliphatic heterocycles. The topological polar surface area (TPSA) is 46.2 Å². The third kappa shape index (κ3) is 13.0. The molecule has 0 amide bonds. The van der Waals surface area contributed by atoms with Crippen LogP contribution in [0.1, 0.15) is 77.6 Å². The second kappa shape index (κ2) is 15.6. The normalized spacial score (nSPS) is 14.1. The molecule has 37 heavy (non-hydrogen) atoms. The molecule has 0 spiro atoms. The Morgan fingerprint density at radius 3 is 1.38 bits per heavy atom. The van der Waals surface area contributed by atoms with Crippen LogP contribution in [0.4, 0.5) is 0 Å². The van der Waals surface area contributed by atoms with Crippen molar-refractivity contribution in [3.05, 3.63) is 70.8 Å². The Morgan fingerprint density at radius 2 is 0.919 bits per heavy atom. The largest absolute Gasteiger partial charge is 0.376 e. The van der Waals surface area contributed by atoms with Crippen LogP contribution in [0.25, 0.3) is 0 Å². The molecule has 2 unspecified atom stereocenters. The minimum Gasteiger partial charge on any atom is -0.376 e. The van der Waals surface area contributed by atoms with Crippen molar-refractivity contribution >= 4 is 0 Å². The highest BCUT2D eigenvalue weighted by molar-refractivity contribution is 5.28. The summed E-state index contributed by atoms with van der Waals surface area (Å²) >= 11 is 0. The Kier molecular flexibility index (Phi) is 13.3. The molecule has 208 valence electrons. The van der Waals surface area contributed by atoms with E-state index in [1.54, 1.807) is 0 Å². The summed E-state index contributed by atoms with van der Waals surface area (Å²) in [5.74, 6) is 0. The SMILES string of the molecule is CC(COCCOCc1ccc(C(C)(C)C)cc1)OCC(C)OCCOCc1ccc(C(C)(C)C)cc1. The van der Waals surface area contributed by atoms with Gasteiger partial charge in [0.2, 0.25) is 0 Å². The van der Waals surface area contributed by atoms with Gasteiger partial charge in [-0.1, -0.05) is 90.1 Å². The van der Waals surface area contributed by atoms with Gasteiger partial charge in [0.15, 0.2) is 0 Å². The minimum atomic E-state index is 0.00307. The summed E-state index contributed by atoms with van der Waals surface area (Å²) in [5.41, 5.74) is 5.36. The standard InChI is InChI=1S/C32H50O5/c1-25(21-33-17-18-34-23-27-9-13-29(14-10-27)31(3,4)5)37-22-26(2)36-20-19-35-24-28-11-15-30(16-12-28)32(6,7)8/h9-16,25-26H,17-24H2,1-8H3. The van der Waals surface area contributed by atoms with Gasteiger partial charge in [-0.3, -0.25) is 0 Å². The van der Waals surface area contributed by atoms with Gasteiger partial charge in [0.1, 0.15) is 0 Å². The van der Waals surface area contributed by atoms with Gasteiger partial charge in [0.25, 0.3) is 0 Å². The maximum absolute atomic E-state index is 5.85. The molecule has 2 aromatic carbocycles. The Hall–Kier alpha value is -1.76. The van der Waals surface area contributed by atoms with Crippen molar-refractivity contribution in [2.45, 2.75) is 91.6 Å². The van der Waals surface area contributed by atoms with Crippen molar-refractivity contribution in [1.29, 1.82) is 0 Å². The van der Waals surface area contributed by atoms with Crippen LogP contribution in [0.15, 0.2) is 48.5 Å². The fourth-order valence-corrected chi connectivity index (χ4v) is 3.65. The van der Waals surface area contributed by atoms with Crippen LogP contribution in [0.2, 0.25) is 0 Å². The third-order valence-corrected chi connectivity index (χ3v) is 6.15. The summed E-state index contributed by atoms with van der Waals surface area (Å²) in [5, 5.41) is 0. The highest BCUT2D eigenvalue weighted by Crippen LogP contribution is 2.23. The smallest absolute Gasteiger partial charge is 0.0781 e. The molecule has 0 fully saturated rings. The predicted molar refractivity (Wildman–Crippen MR) is 151 cm³/mol. The molecule has 5 nitrogen and oxygen atoms in total. The van der Waals surface area contributed by atoms with Crippen LogP contribution >= 0.6 is 0 Å². The van der Waals surface area contributed by atoms with Gasteiger partial charge in [-0.25, -0.2) is 0 Å². The minimum absolute atomic E-state index is 0.00307. The van der Waals surface area contributed by atoms with E-state index in [0.29, 0.717) is 52.9 Å². The molecule has 2 aromatic rings. The summed E-state index contributed by atoms with van der Waals surface area (Å²) in [7, 11) is 0. The molecule has 0 radical (unpaired) electrons. The lowest BCUT2D eigenvalue weighted by atomic mass is 9.87. The zero-order chi connectivity index (χ0) is 27.3. The summed E-state index contributed by atoms with van der Waals surface area (Å²) in [6.07, 6.45) is 0.00781. The van der Waals surface area contributed by atoms with E-state index < -0.39 is 0 Å². The van der Waals surface area contributed by atoms with Gasteiger partial charge in [-0.05, 0) is 46.9 Å². The van der Waals surface area contributed by atoms with Crippen molar-refractivity contribution in [2.24, 2.45) is 0 Å². The quantitative estimate of drug-likeness (QED) is 0.230. The van der Waals surface area contributed by atoms with E-state index in [1.807, 2.05) is 13.8 Å². The van der Waals surface area contributed by atoms with E-state index in [-0.39, 0.29) is 23.0 Å². The summed E-state index contributed by atoms with van der Waals surface area (Å²) < 4.78 is 28.9. The lowest BCUT2D eigenvalue weighted by molar-refractivity contribution is -0.0710. The fraction of sp³-hybridized carbons (Fsp3) is 0.625. The molecular formula is C32H50O5. The van der Waals surface area contributed by atoms with E-state index in [1.165, 1.54) is 22.3 Å². The number of hydrogen-bond donors (Lipinski definition) is 0. The molecule has 5 heteroatoms. The van der Waals surface area contributed by atoms with E-state index >= 15 is 0 Å². The molecule has 0 heterocycles. The molecule has 2 rings (SSSR count). The molecule has 0 aliphatic carbocycles. The molecule has 0 aliphatic rings. The molecule has 0 saturated heterocycles. The van der Waals surface area contributed by atoms with Gasteiger partial charge >= 0.3 is 0 Å². The molecular weight excluding hydrogens is 464 g/mol. The predicted octanol–water partition coefficient (Wildman–Crippen LogP) is 6.84. The van der Waals surface area contributed by atoms with E-state index in [0.717, 1.165) is 0 Å². The average molecular weight is 515 g/mol. The first-order valence-corrected chi connectivity index (χ1v) is 13.6. The van der Waals surface area contributed by atoms with Crippen LogP contribution in [0.5, 0.6) is 0 Å². The highest BCUT2D eigenvalue weighted by Gasteiger charge is 2.14. The summed E-state index contributed by atoms with van der Waals surface area (Å²) in [6, 6.07) is 17.3. The van der Waals surface area contributed by atoms with Gasteiger partial charge < -0.3 is 23.7 Å². The van der Waals surface area contributed by atoms with Gasteiger partial charge in [0, 0.05) is 0 Å². The van der Waals surface area contributed by atoms with Gasteiger partial charge in [-0.15, -0.1) is 0 Å². The molecule has 0 saturated carbocycles. The highest BCUT2D eigenvalue weighted by atomic mass is 16.6. The van der Waals surface area contributed by atoms with Gasteiger partial charge in [-0.2, -0.15) is 0 Å². The Balaban J connectivity index is 1.45. The Bertz CT molecular complexity index is 862. The first-order valence-electron chi connectivity index (χ1n) is 13.6. The molecule has 0 bridgehead atoms. The fourth-order valence-electron chi connectivity index (χ4n) is 3.65. The van der Waals surface area contributed by atoms with Crippen molar-refractivity contribution < 1.29 is 23.7 Å². The number of benzene rings is 2. The van der Waals surface area contributed by atoms with Crippen molar-refractivity contribution in [1.82, 2.24) is 0 Å². The van der Waals surface area contributed by atoms with Crippen molar-refractivity contribution in [3.8, 4) is 0 Å². The maximum atomic E-state index is 5.85. The van der Waals surface area contributed by atoms with E-state index in [2.05, 4.69) is 90.1 Å². The van der Waals surface area contributed by atoms with Crippen LogP contribution in [-0.2, 0) is 47.7 Å². The van der Waals surface area contributed by atoms with Crippen LogP contribution < -0.4 is 0 Å². The van der Waals surface area contributed by atoms with E-state index in [4.69, 9.17) is 23.7 Å². The van der Waals surface area contributed by atoms with Crippen molar-refractivity contribution in [3.63, 3.8) is 0 Å². The number of ether oxygens (including phenoxy) is 5. The lowest BCUT2D eigenvalue weighted by Gasteiger charge is -2.19. The maximum Gasteiger partial charge on any atom is 0.0781 e.